The number of aryl methyl sites for hydroxylation is 1. The molecule has 2 rings (SSSR count). The van der Waals surface area contributed by atoms with E-state index in [0.717, 1.165) is 31.4 Å². The van der Waals surface area contributed by atoms with Crippen LogP contribution in [0.4, 0.5) is 0 Å². The van der Waals surface area contributed by atoms with Crippen LogP contribution in [0.3, 0.4) is 0 Å². The Kier molecular flexibility index (Phi) is 5.16. The van der Waals surface area contributed by atoms with Crippen LogP contribution in [0.5, 0.6) is 0 Å². The number of carbonyl (C=O) groups excluding carboxylic acids is 1. The molecule has 6 heteroatoms. The van der Waals surface area contributed by atoms with Crippen molar-refractivity contribution in [3.8, 4) is 0 Å². The average Bonchev–Trinajstić information content (AvgIpc) is 2.95. The minimum atomic E-state index is -0.321. The highest BCUT2D eigenvalue weighted by molar-refractivity contribution is 5.85. The van der Waals surface area contributed by atoms with Gasteiger partial charge in [-0.15, -0.1) is 12.4 Å². The number of carbonyl (C=O) groups is 1. The predicted molar refractivity (Wildman–Crippen MR) is 72.3 cm³/mol. The number of aromatic nitrogens is 2. The molecule has 1 saturated carbocycles. The van der Waals surface area contributed by atoms with E-state index in [1.165, 1.54) is 0 Å². The van der Waals surface area contributed by atoms with Crippen molar-refractivity contribution in [3.05, 3.63) is 18.0 Å². The van der Waals surface area contributed by atoms with Gasteiger partial charge in [0.05, 0.1) is 17.7 Å². The van der Waals surface area contributed by atoms with Crippen LogP contribution in [0, 0.1) is 5.41 Å². The summed E-state index contributed by atoms with van der Waals surface area (Å²) in [6.07, 6.45) is 5.78. The minimum absolute atomic E-state index is 0. The number of amides is 1. The van der Waals surface area contributed by atoms with Gasteiger partial charge in [0, 0.05) is 19.8 Å². The number of halogens is 1. The van der Waals surface area contributed by atoms with Crippen molar-refractivity contribution in [3.63, 3.8) is 0 Å². The fourth-order valence-corrected chi connectivity index (χ4v) is 2.51. The van der Waals surface area contributed by atoms with Gasteiger partial charge in [-0.05, 0) is 18.9 Å². The van der Waals surface area contributed by atoms with E-state index in [-0.39, 0.29) is 23.7 Å². The summed E-state index contributed by atoms with van der Waals surface area (Å²) >= 11 is 0. The van der Waals surface area contributed by atoms with E-state index in [0.29, 0.717) is 13.1 Å². The monoisotopic (exact) mass is 272 g/mol. The number of nitrogens with zero attached hydrogens (tertiary/aromatic N) is 2. The average molecular weight is 273 g/mol. The quantitative estimate of drug-likeness (QED) is 0.858. The lowest BCUT2D eigenvalue weighted by Gasteiger charge is -2.25. The second-order valence-electron chi connectivity index (χ2n) is 4.82. The van der Waals surface area contributed by atoms with Crippen LogP contribution >= 0.6 is 12.4 Å². The van der Waals surface area contributed by atoms with Crippen molar-refractivity contribution in [2.45, 2.75) is 32.2 Å². The highest BCUT2D eigenvalue weighted by Gasteiger charge is 2.39. The van der Waals surface area contributed by atoms with Gasteiger partial charge in [0.25, 0.3) is 0 Å². The molecule has 1 aromatic heterocycles. The van der Waals surface area contributed by atoms with Crippen molar-refractivity contribution >= 4 is 18.3 Å². The zero-order valence-corrected chi connectivity index (χ0v) is 11.5. The lowest BCUT2D eigenvalue weighted by atomic mass is 9.85. The van der Waals surface area contributed by atoms with Gasteiger partial charge >= 0.3 is 0 Å². The summed E-state index contributed by atoms with van der Waals surface area (Å²) in [6, 6.07) is 1.91. The van der Waals surface area contributed by atoms with Gasteiger partial charge in [-0.3, -0.25) is 9.48 Å². The molecule has 102 valence electrons. The maximum atomic E-state index is 12.2. The molecule has 18 heavy (non-hydrogen) atoms. The van der Waals surface area contributed by atoms with Gasteiger partial charge in [-0.1, -0.05) is 12.8 Å². The van der Waals surface area contributed by atoms with Gasteiger partial charge in [0.2, 0.25) is 5.91 Å². The first-order valence-electron chi connectivity index (χ1n) is 6.13. The maximum absolute atomic E-state index is 12.2. The normalized spacial score (nSPS) is 17.2. The molecule has 1 aromatic rings. The smallest absolute Gasteiger partial charge is 0.227 e. The van der Waals surface area contributed by atoms with E-state index in [4.69, 9.17) is 5.73 Å². The third-order valence-corrected chi connectivity index (χ3v) is 3.79. The summed E-state index contributed by atoms with van der Waals surface area (Å²) in [7, 11) is 1.87. The second-order valence-corrected chi connectivity index (χ2v) is 4.82. The molecule has 0 radical (unpaired) electrons. The molecular weight excluding hydrogens is 252 g/mol. The molecule has 1 aliphatic carbocycles. The Labute approximate surface area is 114 Å². The Hall–Kier alpha value is -1.07. The number of nitrogens with two attached hydrogens (primary N) is 1. The lowest BCUT2D eigenvalue weighted by Crippen LogP contribution is -2.44. The summed E-state index contributed by atoms with van der Waals surface area (Å²) in [5.41, 5.74) is 6.45. The van der Waals surface area contributed by atoms with Gasteiger partial charge in [0.15, 0.2) is 0 Å². The standard InChI is InChI=1S/C12H20N4O.ClH/c1-16-10(4-7-15-16)8-14-11(17)12(9-13)5-2-3-6-12;/h4,7H,2-3,5-6,8-9,13H2,1H3,(H,14,17);1H. The maximum Gasteiger partial charge on any atom is 0.227 e. The molecule has 1 fully saturated rings. The van der Waals surface area contributed by atoms with E-state index in [1.54, 1.807) is 10.9 Å². The van der Waals surface area contributed by atoms with Gasteiger partial charge in [0.1, 0.15) is 0 Å². The van der Waals surface area contributed by atoms with Crippen LogP contribution in [0.1, 0.15) is 31.4 Å². The van der Waals surface area contributed by atoms with E-state index in [2.05, 4.69) is 10.4 Å². The van der Waals surface area contributed by atoms with Crippen LogP contribution in [0.15, 0.2) is 12.3 Å². The molecule has 0 atom stereocenters. The zero-order chi connectivity index (χ0) is 12.3. The van der Waals surface area contributed by atoms with E-state index in [9.17, 15) is 4.79 Å². The van der Waals surface area contributed by atoms with Crippen molar-refractivity contribution in [2.24, 2.45) is 18.2 Å². The molecule has 1 heterocycles. The predicted octanol–water partition coefficient (Wildman–Crippen LogP) is 0.977. The Morgan fingerprint density at radius 1 is 1.56 bits per heavy atom. The highest BCUT2D eigenvalue weighted by Crippen LogP contribution is 2.37. The fraction of sp³-hybridized carbons (Fsp3) is 0.667. The first-order chi connectivity index (χ1) is 8.18. The Morgan fingerprint density at radius 3 is 2.72 bits per heavy atom. The van der Waals surface area contributed by atoms with E-state index >= 15 is 0 Å². The van der Waals surface area contributed by atoms with E-state index in [1.807, 2.05) is 13.1 Å². The van der Waals surface area contributed by atoms with Gasteiger partial charge < -0.3 is 11.1 Å². The molecule has 1 amide bonds. The number of nitrogens with one attached hydrogen (secondary N) is 1. The SMILES string of the molecule is Cl.Cn1nccc1CNC(=O)C1(CN)CCCC1. The molecule has 0 aromatic carbocycles. The zero-order valence-electron chi connectivity index (χ0n) is 10.7. The first-order valence-corrected chi connectivity index (χ1v) is 6.13. The topological polar surface area (TPSA) is 72.9 Å². The Bertz CT molecular complexity index is 399. The first kappa shape index (κ1) is 15.0. The molecule has 0 bridgehead atoms. The third-order valence-electron chi connectivity index (χ3n) is 3.79. The lowest BCUT2D eigenvalue weighted by molar-refractivity contribution is -0.130. The summed E-state index contributed by atoms with van der Waals surface area (Å²) < 4.78 is 1.77. The molecule has 1 aliphatic rings. The third kappa shape index (κ3) is 2.84. The fourth-order valence-electron chi connectivity index (χ4n) is 2.51. The number of rotatable bonds is 4. The molecule has 5 nitrogen and oxygen atoms in total. The molecule has 0 spiro atoms. The van der Waals surface area contributed by atoms with Crippen LogP contribution in [0.2, 0.25) is 0 Å². The highest BCUT2D eigenvalue weighted by atomic mass is 35.5. The molecule has 3 N–H and O–H groups in total. The molecule has 0 unspecified atom stereocenters. The van der Waals surface area contributed by atoms with Crippen LogP contribution in [0.25, 0.3) is 0 Å². The summed E-state index contributed by atoms with van der Waals surface area (Å²) in [6.45, 7) is 0.974. The summed E-state index contributed by atoms with van der Waals surface area (Å²) in [5, 5.41) is 7.05. The van der Waals surface area contributed by atoms with Crippen LogP contribution in [-0.2, 0) is 18.4 Å². The summed E-state index contributed by atoms with van der Waals surface area (Å²) in [4.78, 5) is 12.2. The van der Waals surface area contributed by atoms with Crippen molar-refractivity contribution in [1.29, 1.82) is 0 Å². The van der Waals surface area contributed by atoms with Crippen molar-refractivity contribution < 1.29 is 4.79 Å². The minimum Gasteiger partial charge on any atom is -0.350 e. The molecule has 0 saturated heterocycles. The number of hydrogen-bond acceptors (Lipinski definition) is 3. The second kappa shape index (κ2) is 6.20. The van der Waals surface area contributed by atoms with Gasteiger partial charge in [-0.2, -0.15) is 5.10 Å². The van der Waals surface area contributed by atoms with Crippen molar-refractivity contribution in [1.82, 2.24) is 15.1 Å². The molecule has 0 aliphatic heterocycles. The Balaban J connectivity index is 0.00000162. The van der Waals surface area contributed by atoms with Crippen molar-refractivity contribution in [2.75, 3.05) is 6.54 Å². The van der Waals surface area contributed by atoms with E-state index < -0.39 is 0 Å². The largest absolute Gasteiger partial charge is 0.350 e. The van der Waals surface area contributed by atoms with Gasteiger partial charge in [-0.25, -0.2) is 0 Å². The van der Waals surface area contributed by atoms with Crippen LogP contribution in [-0.4, -0.2) is 22.2 Å². The number of hydrogen-bond donors (Lipinski definition) is 2. The summed E-state index contributed by atoms with van der Waals surface area (Å²) in [5.74, 6) is 0.0960. The van der Waals surface area contributed by atoms with Crippen LogP contribution < -0.4 is 11.1 Å². The molecular formula is C12H21ClN4O. The Morgan fingerprint density at radius 2 is 2.22 bits per heavy atom.